The van der Waals surface area contributed by atoms with Crippen molar-refractivity contribution in [1.82, 2.24) is 4.98 Å². The number of nitrogens with zero attached hydrogens (tertiary/aromatic N) is 1. The van der Waals surface area contributed by atoms with E-state index in [4.69, 9.17) is 0 Å². The van der Waals surface area contributed by atoms with Gasteiger partial charge in [-0.1, -0.05) is 22.0 Å². The second-order valence-electron chi connectivity index (χ2n) is 4.00. The van der Waals surface area contributed by atoms with E-state index in [9.17, 15) is 4.79 Å². The summed E-state index contributed by atoms with van der Waals surface area (Å²) in [6, 6.07) is 9.35. The number of carbonyl (C=O) groups is 1. The van der Waals surface area contributed by atoms with Crippen LogP contribution in [-0.2, 0) is 0 Å². The molecule has 0 N–H and O–H groups in total. The van der Waals surface area contributed by atoms with Crippen LogP contribution in [0.1, 0.15) is 27.2 Å². The Kier molecular flexibility index (Phi) is 3.38. The molecule has 0 bridgehead atoms. The third-order valence-corrected chi connectivity index (χ3v) is 3.20. The predicted molar refractivity (Wildman–Crippen MR) is 71.3 cm³/mol. The van der Waals surface area contributed by atoms with Crippen LogP contribution >= 0.6 is 15.9 Å². The molecule has 1 aromatic carbocycles. The SMILES string of the molecule is Cc1ccc(C(=O)c2ccc(C)nc2)c(Br)c1. The van der Waals surface area contributed by atoms with E-state index in [0.717, 1.165) is 15.7 Å². The van der Waals surface area contributed by atoms with E-state index >= 15 is 0 Å². The van der Waals surface area contributed by atoms with E-state index in [-0.39, 0.29) is 5.78 Å². The molecule has 0 unspecified atom stereocenters. The quantitative estimate of drug-likeness (QED) is 0.789. The normalized spacial score (nSPS) is 10.3. The highest BCUT2D eigenvalue weighted by atomic mass is 79.9. The highest BCUT2D eigenvalue weighted by Gasteiger charge is 2.12. The molecule has 86 valence electrons. The van der Waals surface area contributed by atoms with Crippen LogP contribution in [0, 0.1) is 13.8 Å². The summed E-state index contributed by atoms with van der Waals surface area (Å²) >= 11 is 3.42. The van der Waals surface area contributed by atoms with Crippen LogP contribution in [0.2, 0.25) is 0 Å². The van der Waals surface area contributed by atoms with Crippen molar-refractivity contribution in [2.75, 3.05) is 0 Å². The van der Waals surface area contributed by atoms with Crippen molar-refractivity contribution in [1.29, 1.82) is 0 Å². The zero-order chi connectivity index (χ0) is 12.4. The summed E-state index contributed by atoms with van der Waals surface area (Å²) in [4.78, 5) is 16.4. The summed E-state index contributed by atoms with van der Waals surface area (Å²) in [6.07, 6.45) is 1.62. The fourth-order valence-electron chi connectivity index (χ4n) is 1.56. The minimum atomic E-state index is -0.00984. The number of halogens is 1. The smallest absolute Gasteiger partial charge is 0.195 e. The number of pyridine rings is 1. The topological polar surface area (TPSA) is 30.0 Å². The molecule has 0 spiro atoms. The average molecular weight is 290 g/mol. The van der Waals surface area contributed by atoms with Gasteiger partial charge >= 0.3 is 0 Å². The van der Waals surface area contributed by atoms with Gasteiger partial charge in [-0.2, -0.15) is 0 Å². The maximum atomic E-state index is 12.2. The van der Waals surface area contributed by atoms with Crippen molar-refractivity contribution < 1.29 is 4.79 Å². The Morgan fingerprint density at radius 1 is 1.18 bits per heavy atom. The molecule has 1 heterocycles. The Morgan fingerprint density at radius 2 is 1.94 bits per heavy atom. The van der Waals surface area contributed by atoms with Gasteiger partial charge < -0.3 is 0 Å². The van der Waals surface area contributed by atoms with Crippen molar-refractivity contribution in [2.24, 2.45) is 0 Å². The number of hydrogen-bond acceptors (Lipinski definition) is 2. The molecule has 0 aliphatic heterocycles. The summed E-state index contributed by atoms with van der Waals surface area (Å²) < 4.78 is 0.822. The lowest BCUT2D eigenvalue weighted by Gasteiger charge is -2.04. The number of aromatic nitrogens is 1. The lowest BCUT2D eigenvalue weighted by Crippen LogP contribution is -2.03. The summed E-state index contributed by atoms with van der Waals surface area (Å²) in [5.74, 6) is -0.00984. The molecule has 2 aromatic rings. The Bertz CT molecular complexity index is 561. The van der Waals surface area contributed by atoms with Crippen molar-refractivity contribution in [3.63, 3.8) is 0 Å². The molecule has 2 rings (SSSR count). The van der Waals surface area contributed by atoms with Crippen LogP contribution in [0.15, 0.2) is 41.0 Å². The average Bonchev–Trinajstić information content (AvgIpc) is 2.29. The molecule has 0 atom stereocenters. The Labute approximate surface area is 109 Å². The first-order valence-electron chi connectivity index (χ1n) is 5.31. The molecule has 0 radical (unpaired) electrons. The number of rotatable bonds is 2. The zero-order valence-electron chi connectivity index (χ0n) is 9.70. The van der Waals surface area contributed by atoms with E-state index < -0.39 is 0 Å². The number of aryl methyl sites for hydroxylation is 2. The van der Waals surface area contributed by atoms with Crippen LogP contribution < -0.4 is 0 Å². The summed E-state index contributed by atoms with van der Waals surface area (Å²) in [5.41, 5.74) is 3.31. The molecule has 0 saturated carbocycles. The number of ketones is 1. The van der Waals surface area contributed by atoms with Gasteiger partial charge in [0.2, 0.25) is 0 Å². The molecular weight excluding hydrogens is 278 g/mol. The summed E-state index contributed by atoms with van der Waals surface area (Å²) in [6.45, 7) is 3.89. The highest BCUT2D eigenvalue weighted by Crippen LogP contribution is 2.21. The highest BCUT2D eigenvalue weighted by molar-refractivity contribution is 9.10. The molecule has 3 heteroatoms. The lowest BCUT2D eigenvalue weighted by atomic mass is 10.0. The van der Waals surface area contributed by atoms with E-state index in [0.29, 0.717) is 11.1 Å². The molecular formula is C14H12BrNO. The molecule has 0 fully saturated rings. The minimum Gasteiger partial charge on any atom is -0.289 e. The van der Waals surface area contributed by atoms with Crippen LogP contribution in [0.3, 0.4) is 0 Å². The first kappa shape index (κ1) is 12.0. The Hall–Kier alpha value is -1.48. The zero-order valence-corrected chi connectivity index (χ0v) is 11.3. The van der Waals surface area contributed by atoms with Gasteiger partial charge in [0.15, 0.2) is 5.78 Å². The van der Waals surface area contributed by atoms with Crippen LogP contribution in [0.4, 0.5) is 0 Å². The maximum absolute atomic E-state index is 12.2. The van der Waals surface area contributed by atoms with Gasteiger partial charge in [0.05, 0.1) is 0 Å². The number of carbonyl (C=O) groups excluding carboxylic acids is 1. The molecule has 0 aliphatic rings. The van der Waals surface area contributed by atoms with Crippen LogP contribution in [0.5, 0.6) is 0 Å². The first-order chi connectivity index (χ1) is 8.08. The molecule has 0 saturated heterocycles. The summed E-state index contributed by atoms with van der Waals surface area (Å²) in [7, 11) is 0. The molecule has 2 nitrogen and oxygen atoms in total. The standard InChI is InChI=1S/C14H12BrNO/c1-9-3-6-12(13(15)7-9)14(17)11-5-4-10(2)16-8-11/h3-8H,1-2H3. The van der Waals surface area contributed by atoms with Gasteiger partial charge in [0.25, 0.3) is 0 Å². The summed E-state index contributed by atoms with van der Waals surface area (Å²) in [5, 5.41) is 0. The monoisotopic (exact) mass is 289 g/mol. The van der Waals surface area contributed by atoms with Crippen molar-refractivity contribution >= 4 is 21.7 Å². The largest absolute Gasteiger partial charge is 0.289 e. The third-order valence-electron chi connectivity index (χ3n) is 2.54. The second kappa shape index (κ2) is 4.80. The molecule has 17 heavy (non-hydrogen) atoms. The maximum Gasteiger partial charge on any atom is 0.195 e. The first-order valence-corrected chi connectivity index (χ1v) is 6.11. The fraction of sp³-hybridized carbons (Fsp3) is 0.143. The van der Waals surface area contributed by atoms with Crippen LogP contribution in [-0.4, -0.2) is 10.8 Å². The van der Waals surface area contributed by atoms with Gasteiger partial charge in [-0.15, -0.1) is 0 Å². The van der Waals surface area contributed by atoms with Crippen molar-refractivity contribution in [3.8, 4) is 0 Å². The van der Waals surface area contributed by atoms with Gasteiger partial charge in [-0.05, 0) is 43.7 Å². The molecule has 0 amide bonds. The van der Waals surface area contributed by atoms with E-state index in [1.54, 1.807) is 12.3 Å². The van der Waals surface area contributed by atoms with Gasteiger partial charge in [0.1, 0.15) is 0 Å². The Balaban J connectivity index is 2.40. The predicted octanol–water partition coefficient (Wildman–Crippen LogP) is 3.69. The minimum absolute atomic E-state index is 0.00984. The number of benzene rings is 1. The third kappa shape index (κ3) is 2.61. The lowest BCUT2D eigenvalue weighted by molar-refractivity contribution is 0.103. The van der Waals surface area contributed by atoms with Gasteiger partial charge in [-0.3, -0.25) is 9.78 Å². The second-order valence-corrected chi connectivity index (χ2v) is 4.86. The fourth-order valence-corrected chi connectivity index (χ4v) is 2.24. The van der Waals surface area contributed by atoms with E-state index in [1.807, 2.05) is 38.1 Å². The number of hydrogen-bond donors (Lipinski definition) is 0. The van der Waals surface area contributed by atoms with E-state index in [1.165, 1.54) is 0 Å². The molecule has 1 aromatic heterocycles. The van der Waals surface area contributed by atoms with Gasteiger partial charge in [-0.25, -0.2) is 0 Å². The van der Waals surface area contributed by atoms with E-state index in [2.05, 4.69) is 20.9 Å². The Morgan fingerprint density at radius 3 is 2.53 bits per heavy atom. The van der Waals surface area contributed by atoms with Crippen LogP contribution in [0.25, 0.3) is 0 Å². The van der Waals surface area contributed by atoms with Crippen molar-refractivity contribution in [2.45, 2.75) is 13.8 Å². The van der Waals surface area contributed by atoms with Crippen molar-refractivity contribution in [3.05, 3.63) is 63.4 Å². The molecule has 0 aliphatic carbocycles. The van der Waals surface area contributed by atoms with Gasteiger partial charge in [0, 0.05) is 27.5 Å².